The third-order valence-electron chi connectivity index (χ3n) is 6.74. The number of ether oxygens (including phenoxy) is 1. The predicted molar refractivity (Wildman–Crippen MR) is 98.9 cm³/mol. The molecule has 0 bridgehead atoms. The maximum Gasteiger partial charge on any atom is 0.189 e. The van der Waals surface area contributed by atoms with Gasteiger partial charge in [-0.25, -0.2) is 0 Å². The lowest BCUT2D eigenvalue weighted by atomic mass is 9.66. The maximum atomic E-state index is 6.81. The zero-order valence-corrected chi connectivity index (χ0v) is 16.6. The molecular formula is C20H32O2Si. The van der Waals surface area contributed by atoms with Crippen LogP contribution in [0, 0.1) is 5.41 Å². The van der Waals surface area contributed by atoms with Gasteiger partial charge < -0.3 is 9.16 Å². The first kappa shape index (κ1) is 17.0. The largest absolute Gasteiger partial charge is 0.497 e. The molecule has 0 heterocycles. The Kier molecular flexibility index (Phi) is 4.39. The van der Waals surface area contributed by atoms with Crippen molar-refractivity contribution in [1.82, 2.24) is 0 Å². The highest BCUT2D eigenvalue weighted by atomic mass is 28.4. The molecule has 2 nitrogen and oxygen atoms in total. The van der Waals surface area contributed by atoms with Gasteiger partial charge in [-0.3, -0.25) is 0 Å². The predicted octanol–water partition coefficient (Wildman–Crippen LogP) is 5.53. The Morgan fingerprint density at radius 3 is 2.61 bits per heavy atom. The van der Waals surface area contributed by atoms with Gasteiger partial charge in [0.25, 0.3) is 0 Å². The molecule has 0 aromatic heterocycles. The van der Waals surface area contributed by atoms with E-state index in [1.54, 1.807) is 12.7 Å². The summed E-state index contributed by atoms with van der Waals surface area (Å²) in [7, 11) is 0.161. The van der Waals surface area contributed by atoms with E-state index < -0.39 is 8.32 Å². The average Bonchev–Trinajstić information content (AvgIpc) is 2.83. The van der Waals surface area contributed by atoms with Gasteiger partial charge >= 0.3 is 0 Å². The van der Waals surface area contributed by atoms with Crippen LogP contribution >= 0.6 is 0 Å². The molecule has 23 heavy (non-hydrogen) atoms. The van der Waals surface area contributed by atoms with E-state index in [1.165, 1.54) is 24.8 Å². The van der Waals surface area contributed by atoms with Crippen molar-refractivity contribution < 1.29 is 9.16 Å². The maximum absolute atomic E-state index is 6.81. The Morgan fingerprint density at radius 2 is 1.96 bits per heavy atom. The van der Waals surface area contributed by atoms with Crippen molar-refractivity contribution in [3.05, 3.63) is 29.3 Å². The first-order chi connectivity index (χ1) is 10.8. The van der Waals surface area contributed by atoms with Crippen LogP contribution in [-0.2, 0) is 10.8 Å². The van der Waals surface area contributed by atoms with Gasteiger partial charge in [0.05, 0.1) is 13.2 Å². The van der Waals surface area contributed by atoms with Crippen LogP contribution in [0.4, 0.5) is 0 Å². The summed E-state index contributed by atoms with van der Waals surface area (Å²) in [5.74, 6) is 1.64. The van der Waals surface area contributed by atoms with Crippen LogP contribution in [0.15, 0.2) is 18.2 Å². The van der Waals surface area contributed by atoms with Gasteiger partial charge in [-0.15, -0.1) is 0 Å². The van der Waals surface area contributed by atoms with Crippen molar-refractivity contribution in [1.29, 1.82) is 0 Å². The van der Waals surface area contributed by atoms with E-state index in [1.807, 2.05) is 0 Å². The fourth-order valence-corrected chi connectivity index (χ4v) is 5.81. The first-order valence-electron chi connectivity index (χ1n) is 9.12. The van der Waals surface area contributed by atoms with Gasteiger partial charge in [0.1, 0.15) is 5.75 Å². The number of hydrogen-bond acceptors (Lipinski definition) is 2. The summed E-state index contributed by atoms with van der Waals surface area (Å²) in [6, 6.07) is 6.69. The zero-order chi connectivity index (χ0) is 16.8. The van der Waals surface area contributed by atoms with E-state index in [0.29, 0.717) is 23.0 Å². The van der Waals surface area contributed by atoms with Crippen LogP contribution in [-0.4, -0.2) is 21.5 Å². The molecule has 128 valence electrons. The van der Waals surface area contributed by atoms with Crippen molar-refractivity contribution in [2.75, 3.05) is 7.11 Å². The summed E-state index contributed by atoms with van der Waals surface area (Å²) in [5, 5.41) is 0. The monoisotopic (exact) mass is 332 g/mol. The van der Waals surface area contributed by atoms with Crippen molar-refractivity contribution >= 4 is 8.32 Å². The van der Waals surface area contributed by atoms with Crippen molar-refractivity contribution in [2.45, 2.75) is 77.1 Å². The standard InChI is InChI=1S/C20H32O2Si/c1-14(2)23(5,6)22-19-10-9-18-17-8-7-16(21-4)13-15(17)11-12-20(18,19)3/h7-8,13-14,18-19H,9-12H2,1-6H3/t18-,19+,20+/m1/s1. The summed E-state index contributed by atoms with van der Waals surface area (Å²) in [6.07, 6.45) is 5.32. The van der Waals surface area contributed by atoms with Crippen molar-refractivity contribution in [2.24, 2.45) is 5.41 Å². The van der Waals surface area contributed by atoms with Gasteiger partial charge in [0, 0.05) is 0 Å². The molecule has 0 N–H and O–H groups in total. The molecule has 0 aliphatic heterocycles. The highest BCUT2D eigenvalue weighted by Crippen LogP contribution is 2.57. The van der Waals surface area contributed by atoms with E-state index in [2.05, 4.69) is 52.1 Å². The number of aryl methyl sites for hydroxylation is 1. The minimum atomic E-state index is -1.60. The van der Waals surface area contributed by atoms with Gasteiger partial charge in [-0.05, 0) is 78.9 Å². The zero-order valence-electron chi connectivity index (χ0n) is 15.6. The molecule has 3 rings (SSSR count). The summed E-state index contributed by atoms with van der Waals surface area (Å²) in [4.78, 5) is 0. The molecule has 3 atom stereocenters. The summed E-state index contributed by atoms with van der Waals surface area (Å²) >= 11 is 0. The summed E-state index contributed by atoms with van der Waals surface area (Å²) < 4.78 is 12.2. The molecule has 1 saturated carbocycles. The molecule has 0 spiro atoms. The SMILES string of the molecule is COc1ccc2c(c1)CC[C@]1(C)[C@@H](O[Si](C)(C)C(C)C)CC[C@H]21. The molecule has 0 radical (unpaired) electrons. The second-order valence-corrected chi connectivity index (χ2v) is 13.2. The molecule has 0 saturated heterocycles. The van der Waals surface area contributed by atoms with E-state index in [-0.39, 0.29) is 0 Å². The van der Waals surface area contributed by atoms with E-state index >= 15 is 0 Å². The number of methoxy groups -OCH3 is 1. The van der Waals surface area contributed by atoms with E-state index in [0.717, 1.165) is 12.2 Å². The Bertz CT molecular complexity index is 581. The Labute approximate surface area is 142 Å². The molecule has 1 aromatic rings. The van der Waals surface area contributed by atoms with Crippen molar-refractivity contribution in [3.8, 4) is 5.75 Å². The molecular weight excluding hydrogens is 300 g/mol. The average molecular weight is 333 g/mol. The fourth-order valence-electron chi connectivity index (χ4n) is 4.41. The minimum Gasteiger partial charge on any atom is -0.497 e. The van der Waals surface area contributed by atoms with Gasteiger partial charge in [-0.2, -0.15) is 0 Å². The first-order valence-corrected chi connectivity index (χ1v) is 12.1. The topological polar surface area (TPSA) is 18.5 Å². The molecule has 1 aromatic carbocycles. The second kappa shape index (κ2) is 5.93. The highest BCUT2D eigenvalue weighted by molar-refractivity contribution is 6.72. The van der Waals surface area contributed by atoms with Crippen LogP contribution in [0.5, 0.6) is 5.75 Å². The lowest BCUT2D eigenvalue weighted by Crippen LogP contribution is -2.45. The Balaban J connectivity index is 1.87. The second-order valence-electron chi connectivity index (χ2n) is 8.57. The summed E-state index contributed by atoms with van der Waals surface area (Å²) in [6.45, 7) is 11.9. The molecule has 0 unspecified atom stereocenters. The smallest absolute Gasteiger partial charge is 0.189 e. The highest BCUT2D eigenvalue weighted by Gasteiger charge is 2.51. The number of hydrogen-bond donors (Lipinski definition) is 0. The number of benzene rings is 1. The number of fused-ring (bicyclic) bond motifs is 3. The molecule has 2 aliphatic carbocycles. The van der Waals surface area contributed by atoms with Gasteiger partial charge in [0.2, 0.25) is 0 Å². The minimum absolute atomic E-state index is 0.306. The van der Waals surface area contributed by atoms with Crippen LogP contribution in [0.1, 0.15) is 57.1 Å². The van der Waals surface area contributed by atoms with Crippen LogP contribution in [0.25, 0.3) is 0 Å². The van der Waals surface area contributed by atoms with Gasteiger partial charge in [-0.1, -0.05) is 26.8 Å². The fraction of sp³-hybridized carbons (Fsp3) is 0.700. The molecule has 3 heteroatoms. The molecule has 0 amide bonds. The van der Waals surface area contributed by atoms with Crippen LogP contribution < -0.4 is 4.74 Å². The van der Waals surface area contributed by atoms with E-state index in [9.17, 15) is 0 Å². The Morgan fingerprint density at radius 1 is 1.22 bits per heavy atom. The Hall–Kier alpha value is -0.803. The quantitative estimate of drug-likeness (QED) is 0.675. The van der Waals surface area contributed by atoms with Crippen LogP contribution in [0.2, 0.25) is 18.6 Å². The van der Waals surface area contributed by atoms with Crippen LogP contribution in [0.3, 0.4) is 0 Å². The normalized spacial score (nSPS) is 30.2. The third kappa shape index (κ3) is 2.87. The van der Waals surface area contributed by atoms with E-state index in [4.69, 9.17) is 9.16 Å². The summed E-state index contributed by atoms with van der Waals surface area (Å²) in [5.41, 5.74) is 4.02. The number of rotatable bonds is 4. The molecule has 2 aliphatic rings. The third-order valence-corrected chi connectivity index (χ3v) is 10.4. The lowest BCUT2D eigenvalue weighted by molar-refractivity contribution is 0.0574. The molecule has 1 fully saturated rings. The van der Waals surface area contributed by atoms with Crippen molar-refractivity contribution in [3.63, 3.8) is 0 Å². The van der Waals surface area contributed by atoms with Gasteiger partial charge in [0.15, 0.2) is 8.32 Å². The lowest BCUT2D eigenvalue weighted by Gasteiger charge is -2.44.